The maximum Gasteiger partial charge on any atom is 0.307 e. The van der Waals surface area contributed by atoms with Crippen LogP contribution in [0.25, 0.3) is 0 Å². The van der Waals surface area contributed by atoms with E-state index in [1.165, 1.54) is 18.2 Å². The number of carbonyl (C=O) groups is 2. The van der Waals surface area contributed by atoms with Crippen molar-refractivity contribution in [3.63, 3.8) is 0 Å². The highest BCUT2D eigenvalue weighted by atomic mass is 35.5. The third-order valence-corrected chi connectivity index (χ3v) is 5.54. The lowest BCUT2D eigenvalue weighted by Crippen LogP contribution is -2.40. The minimum atomic E-state index is -0.743. The number of nitro benzene ring substituents is 1. The number of carbonyl (C=O) groups excluding carboxylic acids is 1. The van der Waals surface area contributed by atoms with Crippen LogP contribution in [0.3, 0.4) is 0 Å². The van der Waals surface area contributed by atoms with E-state index in [4.69, 9.17) is 16.7 Å². The molecule has 1 aliphatic carbocycles. The van der Waals surface area contributed by atoms with Crippen molar-refractivity contribution in [3.05, 3.63) is 38.9 Å². The number of hydrogen-bond acceptors (Lipinski definition) is 4. The molecule has 128 valence electrons. The number of nitro groups is 1. The highest BCUT2D eigenvalue weighted by Gasteiger charge is 2.59. The largest absolute Gasteiger partial charge is 0.481 e. The third kappa shape index (κ3) is 3.08. The van der Waals surface area contributed by atoms with E-state index in [2.05, 4.69) is 0 Å². The Balaban J connectivity index is 1.59. The zero-order chi connectivity index (χ0) is 17.5. The fourth-order valence-corrected chi connectivity index (χ4v) is 3.76. The standard InChI is InChI=1S/C16H17ClN2O5/c17-13-8-11(19(23)24)2-1-10(13)7-14(20)18-5-3-16(4-6-18)9-12(16)15(21)22/h1-2,8,12H,3-7,9H2,(H,21,22). The van der Waals surface area contributed by atoms with Gasteiger partial charge in [0.05, 0.1) is 22.3 Å². The second-order valence-corrected chi connectivity index (χ2v) is 6.95. The van der Waals surface area contributed by atoms with Crippen LogP contribution in [0.2, 0.25) is 5.02 Å². The molecule has 7 nitrogen and oxygen atoms in total. The van der Waals surface area contributed by atoms with Gasteiger partial charge in [-0.3, -0.25) is 19.7 Å². The number of hydrogen-bond donors (Lipinski definition) is 1. The number of benzene rings is 1. The van der Waals surface area contributed by atoms with Gasteiger partial charge in [0.25, 0.3) is 5.69 Å². The summed E-state index contributed by atoms with van der Waals surface area (Å²) in [5, 5.41) is 20.0. The molecule has 1 atom stereocenters. The van der Waals surface area contributed by atoms with Crippen LogP contribution in [0.4, 0.5) is 5.69 Å². The van der Waals surface area contributed by atoms with Crippen LogP contribution in [0.5, 0.6) is 0 Å². The summed E-state index contributed by atoms with van der Waals surface area (Å²) in [5.41, 5.74) is 0.333. The van der Waals surface area contributed by atoms with E-state index in [0.29, 0.717) is 37.9 Å². The monoisotopic (exact) mass is 352 g/mol. The highest BCUT2D eigenvalue weighted by molar-refractivity contribution is 6.31. The van der Waals surface area contributed by atoms with E-state index in [-0.39, 0.29) is 34.4 Å². The smallest absolute Gasteiger partial charge is 0.307 e. The molecule has 0 radical (unpaired) electrons. The van der Waals surface area contributed by atoms with E-state index in [0.717, 1.165) is 0 Å². The zero-order valence-corrected chi connectivity index (χ0v) is 13.7. The molecular weight excluding hydrogens is 336 g/mol. The van der Waals surface area contributed by atoms with Gasteiger partial charge >= 0.3 is 5.97 Å². The molecule has 0 bridgehead atoms. The van der Waals surface area contributed by atoms with Gasteiger partial charge in [0.15, 0.2) is 0 Å². The van der Waals surface area contributed by atoms with E-state index in [1.807, 2.05) is 0 Å². The van der Waals surface area contributed by atoms with Crippen molar-refractivity contribution in [2.24, 2.45) is 11.3 Å². The number of likely N-dealkylation sites (tertiary alicyclic amines) is 1. The molecule has 24 heavy (non-hydrogen) atoms. The van der Waals surface area contributed by atoms with Crippen LogP contribution in [0.1, 0.15) is 24.8 Å². The average molecular weight is 353 g/mol. The highest BCUT2D eigenvalue weighted by Crippen LogP contribution is 2.59. The summed E-state index contributed by atoms with van der Waals surface area (Å²) in [6, 6.07) is 4.09. The first-order chi connectivity index (χ1) is 11.3. The van der Waals surface area contributed by atoms with Crippen LogP contribution in [-0.4, -0.2) is 39.9 Å². The van der Waals surface area contributed by atoms with Gasteiger partial charge in [-0.05, 0) is 30.2 Å². The molecule has 1 spiro atoms. The first-order valence-corrected chi connectivity index (χ1v) is 8.14. The number of piperidine rings is 1. The summed E-state index contributed by atoms with van der Waals surface area (Å²) in [5.74, 6) is -1.10. The van der Waals surface area contributed by atoms with Gasteiger partial charge in [-0.15, -0.1) is 0 Å². The molecule has 1 unspecified atom stereocenters. The molecule has 0 aromatic heterocycles. The van der Waals surface area contributed by atoms with Crippen LogP contribution in [0.15, 0.2) is 18.2 Å². The molecule has 8 heteroatoms. The summed E-state index contributed by atoms with van der Waals surface area (Å²) in [4.78, 5) is 35.4. The number of amides is 1. The lowest BCUT2D eigenvalue weighted by atomic mass is 9.90. The second kappa shape index (κ2) is 6.05. The molecule has 3 rings (SSSR count). The van der Waals surface area contributed by atoms with Gasteiger partial charge in [0.2, 0.25) is 5.91 Å². The molecule has 1 aromatic carbocycles. The summed E-state index contributed by atoms with van der Waals surface area (Å²) in [6.45, 7) is 1.10. The zero-order valence-electron chi connectivity index (χ0n) is 12.9. The Hall–Kier alpha value is -2.15. The Morgan fingerprint density at radius 3 is 2.54 bits per heavy atom. The van der Waals surface area contributed by atoms with E-state index < -0.39 is 10.9 Å². The Labute approximate surface area is 143 Å². The van der Waals surface area contributed by atoms with Gasteiger partial charge < -0.3 is 10.0 Å². The predicted molar refractivity (Wildman–Crippen MR) is 85.8 cm³/mol. The predicted octanol–water partition coefficient (Wildman–Crippen LogP) is 2.50. The molecule has 1 aliphatic heterocycles. The number of carboxylic acids is 1. The number of aliphatic carboxylic acids is 1. The lowest BCUT2D eigenvalue weighted by molar-refractivity contribution is -0.384. The van der Waals surface area contributed by atoms with Crippen LogP contribution in [0, 0.1) is 21.4 Å². The van der Waals surface area contributed by atoms with Gasteiger partial charge in [0, 0.05) is 25.2 Å². The molecule has 2 fully saturated rings. The van der Waals surface area contributed by atoms with Gasteiger partial charge in [-0.25, -0.2) is 0 Å². The maximum atomic E-state index is 12.4. The minimum absolute atomic E-state index is 0.0895. The van der Waals surface area contributed by atoms with Gasteiger partial charge in [0.1, 0.15) is 0 Å². The molecule has 1 heterocycles. The van der Waals surface area contributed by atoms with E-state index in [1.54, 1.807) is 4.90 Å². The Morgan fingerprint density at radius 2 is 2.04 bits per heavy atom. The lowest BCUT2D eigenvalue weighted by Gasteiger charge is -2.32. The average Bonchev–Trinajstić information content (AvgIpc) is 3.23. The summed E-state index contributed by atoms with van der Waals surface area (Å²) in [6.07, 6.45) is 2.22. The first kappa shape index (κ1) is 16.7. The fraction of sp³-hybridized carbons (Fsp3) is 0.500. The number of non-ortho nitro benzene ring substituents is 1. The summed E-state index contributed by atoms with van der Waals surface area (Å²) < 4.78 is 0. The molecule has 1 aromatic rings. The van der Waals surface area contributed by atoms with E-state index >= 15 is 0 Å². The number of nitrogens with zero attached hydrogens (tertiary/aromatic N) is 2. The molecular formula is C16H17ClN2O5. The van der Waals surface area contributed by atoms with Crippen molar-refractivity contribution in [3.8, 4) is 0 Å². The number of halogens is 1. The van der Waals surface area contributed by atoms with Gasteiger partial charge in [-0.1, -0.05) is 17.7 Å². The van der Waals surface area contributed by atoms with Crippen molar-refractivity contribution in [2.45, 2.75) is 25.7 Å². The molecule has 1 saturated carbocycles. The quantitative estimate of drug-likeness (QED) is 0.662. The van der Waals surface area contributed by atoms with E-state index in [9.17, 15) is 19.7 Å². The Morgan fingerprint density at radius 1 is 1.38 bits per heavy atom. The molecule has 1 N–H and O–H groups in total. The van der Waals surface area contributed by atoms with Crippen molar-refractivity contribution in [1.29, 1.82) is 0 Å². The van der Waals surface area contributed by atoms with Crippen molar-refractivity contribution < 1.29 is 19.6 Å². The minimum Gasteiger partial charge on any atom is -0.481 e. The van der Waals surface area contributed by atoms with Crippen LogP contribution in [-0.2, 0) is 16.0 Å². The normalized spacial score (nSPS) is 21.5. The number of rotatable bonds is 4. The SMILES string of the molecule is O=C(O)C1CC12CCN(C(=O)Cc1ccc([N+](=O)[O-])cc1Cl)CC2. The molecule has 2 aliphatic rings. The first-order valence-electron chi connectivity index (χ1n) is 7.76. The van der Waals surface area contributed by atoms with Crippen LogP contribution < -0.4 is 0 Å². The number of carboxylic acid groups (broad SMARTS) is 1. The molecule has 1 amide bonds. The topological polar surface area (TPSA) is 101 Å². The summed E-state index contributed by atoms with van der Waals surface area (Å²) >= 11 is 6.03. The third-order valence-electron chi connectivity index (χ3n) is 5.19. The van der Waals surface area contributed by atoms with Crippen LogP contribution >= 0.6 is 11.6 Å². The van der Waals surface area contributed by atoms with Crippen molar-refractivity contribution >= 4 is 29.2 Å². The maximum absolute atomic E-state index is 12.4. The fourth-order valence-electron chi connectivity index (χ4n) is 3.52. The van der Waals surface area contributed by atoms with Gasteiger partial charge in [-0.2, -0.15) is 0 Å². The Kier molecular flexibility index (Phi) is 4.21. The molecule has 1 saturated heterocycles. The Bertz CT molecular complexity index is 712. The van der Waals surface area contributed by atoms with Crippen molar-refractivity contribution in [1.82, 2.24) is 4.90 Å². The summed E-state index contributed by atoms with van der Waals surface area (Å²) in [7, 11) is 0. The second-order valence-electron chi connectivity index (χ2n) is 6.55. The van der Waals surface area contributed by atoms with Crippen molar-refractivity contribution in [2.75, 3.05) is 13.1 Å².